The molecular weight excluding hydrogens is 486 g/mol. The third-order valence-electron chi connectivity index (χ3n) is 4.79. The van der Waals surface area contributed by atoms with Crippen LogP contribution < -0.4 is 10.2 Å². The number of rotatable bonds is 5. The van der Waals surface area contributed by atoms with Gasteiger partial charge in [-0.1, -0.05) is 17.7 Å². The summed E-state index contributed by atoms with van der Waals surface area (Å²) in [5.41, 5.74) is -0.145. The summed E-state index contributed by atoms with van der Waals surface area (Å²) in [6.45, 7) is 0. The highest BCUT2D eigenvalue weighted by molar-refractivity contribution is 7.80. The van der Waals surface area contributed by atoms with Crippen molar-refractivity contribution in [1.82, 2.24) is 5.32 Å². The molecular formula is C22H12ClN3O7S. The van der Waals surface area contributed by atoms with Gasteiger partial charge in [0.25, 0.3) is 17.5 Å². The summed E-state index contributed by atoms with van der Waals surface area (Å²) in [6, 6.07) is 12.6. The molecule has 1 aliphatic heterocycles. The number of furan rings is 1. The number of nitrogens with zero attached hydrogens (tertiary/aromatic N) is 2. The number of thiocarbonyl (C=S) groups is 1. The third kappa shape index (κ3) is 4.29. The normalized spacial score (nSPS) is 14.9. The zero-order chi connectivity index (χ0) is 24.6. The largest absolute Gasteiger partial charge is 0.478 e. The minimum Gasteiger partial charge on any atom is -0.478 e. The van der Waals surface area contributed by atoms with Gasteiger partial charge in [-0.05, 0) is 60.8 Å². The van der Waals surface area contributed by atoms with E-state index < -0.39 is 22.7 Å². The Hall–Kier alpha value is -4.35. The molecule has 34 heavy (non-hydrogen) atoms. The highest BCUT2D eigenvalue weighted by Gasteiger charge is 2.35. The van der Waals surface area contributed by atoms with Gasteiger partial charge in [0, 0.05) is 11.6 Å². The Labute approximate surface area is 201 Å². The zero-order valence-corrected chi connectivity index (χ0v) is 18.4. The van der Waals surface area contributed by atoms with E-state index in [1.807, 2.05) is 0 Å². The SMILES string of the molecule is O=C1NC(=S)N(c2cccc(C(=O)O)c2)C(=O)C1=Cc1ccc(-c2ccc(Cl)c([N+](=O)[O-])c2)o1. The predicted octanol–water partition coefficient (Wildman–Crippen LogP) is 4.04. The molecule has 0 aliphatic carbocycles. The second kappa shape index (κ2) is 8.89. The molecule has 4 rings (SSSR count). The van der Waals surface area contributed by atoms with Crippen molar-refractivity contribution in [2.45, 2.75) is 0 Å². The fourth-order valence-corrected chi connectivity index (χ4v) is 3.67. The molecule has 0 saturated carbocycles. The highest BCUT2D eigenvalue weighted by atomic mass is 35.5. The standard InChI is InChI=1S/C22H12ClN3O7S/c23-16-6-4-11(9-17(16)26(31)32)18-7-5-14(33-18)10-15-19(27)24-22(34)25(20(15)28)13-3-1-2-12(8-13)21(29)30/h1-10H,(H,29,30)(H,24,27,34). The summed E-state index contributed by atoms with van der Waals surface area (Å²) in [5, 5.41) is 22.5. The molecule has 12 heteroatoms. The van der Waals surface area contributed by atoms with Crippen molar-refractivity contribution in [2.24, 2.45) is 0 Å². The van der Waals surface area contributed by atoms with Gasteiger partial charge >= 0.3 is 5.97 Å². The number of aromatic carboxylic acids is 1. The van der Waals surface area contributed by atoms with E-state index in [-0.39, 0.29) is 44.2 Å². The van der Waals surface area contributed by atoms with Crippen LogP contribution in [0.25, 0.3) is 17.4 Å². The van der Waals surface area contributed by atoms with E-state index in [1.165, 1.54) is 60.7 Å². The van der Waals surface area contributed by atoms with E-state index in [1.54, 1.807) is 0 Å². The molecule has 2 amide bonds. The molecule has 0 spiro atoms. The Balaban J connectivity index is 1.68. The van der Waals surface area contributed by atoms with Crippen LogP contribution in [0, 0.1) is 10.1 Å². The molecule has 0 unspecified atom stereocenters. The Morgan fingerprint density at radius 2 is 1.94 bits per heavy atom. The molecule has 2 N–H and O–H groups in total. The smallest absolute Gasteiger partial charge is 0.335 e. The maximum absolute atomic E-state index is 13.1. The lowest BCUT2D eigenvalue weighted by Crippen LogP contribution is -2.54. The van der Waals surface area contributed by atoms with Crippen LogP contribution in [0.4, 0.5) is 11.4 Å². The predicted molar refractivity (Wildman–Crippen MR) is 125 cm³/mol. The number of amides is 2. The first-order chi connectivity index (χ1) is 16.2. The van der Waals surface area contributed by atoms with Crippen LogP contribution in [0.2, 0.25) is 5.02 Å². The fourth-order valence-electron chi connectivity index (χ4n) is 3.20. The van der Waals surface area contributed by atoms with Crippen molar-refractivity contribution < 1.29 is 28.8 Å². The highest BCUT2D eigenvalue weighted by Crippen LogP contribution is 2.32. The summed E-state index contributed by atoms with van der Waals surface area (Å²) >= 11 is 10.9. The number of hydrogen-bond acceptors (Lipinski definition) is 7. The van der Waals surface area contributed by atoms with Crippen molar-refractivity contribution in [3.8, 4) is 11.3 Å². The van der Waals surface area contributed by atoms with Crippen LogP contribution in [-0.4, -0.2) is 32.9 Å². The quantitative estimate of drug-likeness (QED) is 0.177. The van der Waals surface area contributed by atoms with Crippen LogP contribution in [0.15, 0.2) is 64.6 Å². The summed E-state index contributed by atoms with van der Waals surface area (Å²) in [6.07, 6.45) is 1.20. The average molecular weight is 498 g/mol. The van der Waals surface area contributed by atoms with Crippen molar-refractivity contribution in [1.29, 1.82) is 0 Å². The Bertz CT molecular complexity index is 1430. The molecule has 1 fully saturated rings. The molecule has 3 aromatic rings. The number of halogens is 1. The van der Waals surface area contributed by atoms with Gasteiger partial charge in [-0.25, -0.2) is 4.79 Å². The van der Waals surface area contributed by atoms with Crippen LogP contribution in [0.1, 0.15) is 16.1 Å². The Morgan fingerprint density at radius 1 is 1.18 bits per heavy atom. The number of nitro groups is 1. The minimum atomic E-state index is -1.19. The van der Waals surface area contributed by atoms with E-state index in [2.05, 4.69) is 5.32 Å². The molecule has 1 aromatic heterocycles. The van der Waals surface area contributed by atoms with Crippen LogP contribution in [-0.2, 0) is 9.59 Å². The van der Waals surface area contributed by atoms with Crippen molar-refractivity contribution in [2.75, 3.05) is 4.90 Å². The second-order valence-electron chi connectivity index (χ2n) is 6.94. The van der Waals surface area contributed by atoms with Gasteiger partial charge in [-0.2, -0.15) is 0 Å². The molecule has 1 saturated heterocycles. The van der Waals surface area contributed by atoms with Gasteiger partial charge in [0.2, 0.25) is 0 Å². The van der Waals surface area contributed by atoms with Crippen molar-refractivity contribution in [3.05, 3.63) is 86.6 Å². The number of benzene rings is 2. The molecule has 2 heterocycles. The summed E-state index contributed by atoms with van der Waals surface area (Å²) < 4.78 is 5.66. The summed E-state index contributed by atoms with van der Waals surface area (Å²) in [7, 11) is 0. The lowest BCUT2D eigenvalue weighted by molar-refractivity contribution is -0.384. The molecule has 0 bridgehead atoms. The lowest BCUT2D eigenvalue weighted by atomic mass is 10.1. The topological polar surface area (TPSA) is 143 Å². The molecule has 170 valence electrons. The molecule has 1 aliphatic rings. The van der Waals surface area contributed by atoms with Gasteiger partial charge in [0.1, 0.15) is 22.1 Å². The second-order valence-corrected chi connectivity index (χ2v) is 7.73. The zero-order valence-electron chi connectivity index (χ0n) is 16.9. The van der Waals surface area contributed by atoms with Crippen LogP contribution in [0.3, 0.4) is 0 Å². The first-order valence-corrected chi connectivity index (χ1v) is 10.2. The first kappa shape index (κ1) is 22.8. The van der Waals surface area contributed by atoms with Crippen LogP contribution >= 0.6 is 23.8 Å². The van der Waals surface area contributed by atoms with Gasteiger partial charge in [0.05, 0.1) is 16.2 Å². The average Bonchev–Trinajstić information content (AvgIpc) is 3.25. The van der Waals surface area contributed by atoms with Gasteiger partial charge in [-0.15, -0.1) is 0 Å². The van der Waals surface area contributed by atoms with E-state index in [4.69, 9.17) is 28.2 Å². The Morgan fingerprint density at radius 3 is 2.65 bits per heavy atom. The number of carbonyl (C=O) groups excluding carboxylic acids is 2. The Kier molecular flexibility index (Phi) is 5.97. The minimum absolute atomic E-state index is 0.0323. The number of anilines is 1. The maximum Gasteiger partial charge on any atom is 0.335 e. The fraction of sp³-hybridized carbons (Fsp3) is 0. The van der Waals surface area contributed by atoms with Gasteiger partial charge in [0.15, 0.2) is 5.11 Å². The molecule has 0 atom stereocenters. The molecule has 2 aromatic carbocycles. The first-order valence-electron chi connectivity index (χ1n) is 9.44. The monoisotopic (exact) mass is 497 g/mol. The van der Waals surface area contributed by atoms with Gasteiger partial charge in [-0.3, -0.25) is 29.9 Å². The number of hydrogen-bond donors (Lipinski definition) is 2. The number of carboxylic acids is 1. The molecule has 0 radical (unpaired) electrons. The maximum atomic E-state index is 13.1. The van der Waals surface area contributed by atoms with Crippen LogP contribution in [0.5, 0.6) is 0 Å². The number of carbonyl (C=O) groups is 3. The number of carboxylic acid groups (broad SMARTS) is 1. The third-order valence-corrected chi connectivity index (χ3v) is 5.40. The van der Waals surface area contributed by atoms with E-state index in [0.717, 1.165) is 4.90 Å². The van der Waals surface area contributed by atoms with Crippen molar-refractivity contribution >= 4 is 64.2 Å². The number of nitro benzene ring substituents is 1. The molecule has 10 nitrogen and oxygen atoms in total. The van der Waals surface area contributed by atoms with E-state index >= 15 is 0 Å². The van der Waals surface area contributed by atoms with Gasteiger partial charge < -0.3 is 9.52 Å². The van der Waals surface area contributed by atoms with Crippen molar-refractivity contribution in [3.63, 3.8) is 0 Å². The summed E-state index contributed by atoms with van der Waals surface area (Å²) in [5.74, 6) is -2.37. The summed E-state index contributed by atoms with van der Waals surface area (Å²) in [4.78, 5) is 48.3. The van der Waals surface area contributed by atoms with E-state index in [0.29, 0.717) is 5.56 Å². The lowest BCUT2D eigenvalue weighted by Gasteiger charge is -2.28. The van der Waals surface area contributed by atoms with E-state index in [9.17, 15) is 29.6 Å². The number of nitrogens with one attached hydrogen (secondary N) is 1.